The zero-order valence-electron chi connectivity index (χ0n) is 15.6. The molecule has 2 aliphatic heterocycles. The van der Waals surface area contributed by atoms with Crippen molar-refractivity contribution in [1.82, 2.24) is 14.7 Å². The van der Waals surface area contributed by atoms with Crippen LogP contribution >= 0.6 is 0 Å². The molecule has 1 N–H and O–H groups in total. The summed E-state index contributed by atoms with van der Waals surface area (Å²) in [5.74, 6) is 1.57. The van der Waals surface area contributed by atoms with Crippen molar-refractivity contribution in [2.75, 3.05) is 44.4 Å². The standard InChI is InChI=1S/C18H22N4O5S/c1-13-10-14(21-18(20-13)22-4-6-25-7-5-22)12-19-28(23,24)15-2-3-16-17(11-15)27-9-8-26-16/h2-3,10-11,19H,4-9,12H2,1H3. The van der Waals surface area contributed by atoms with Crippen LogP contribution in [0.1, 0.15) is 11.4 Å². The molecule has 0 radical (unpaired) electrons. The number of aromatic nitrogens is 2. The second-order valence-corrected chi connectivity index (χ2v) is 8.30. The second-order valence-electron chi connectivity index (χ2n) is 6.53. The highest BCUT2D eigenvalue weighted by Crippen LogP contribution is 2.32. The molecule has 1 aromatic carbocycles. The highest BCUT2D eigenvalue weighted by Gasteiger charge is 2.20. The number of aryl methyl sites for hydroxylation is 1. The number of anilines is 1. The number of benzene rings is 1. The largest absolute Gasteiger partial charge is 0.486 e. The molecule has 0 amide bonds. The third kappa shape index (κ3) is 4.18. The number of morpholine rings is 1. The molecule has 10 heteroatoms. The van der Waals surface area contributed by atoms with E-state index in [0.29, 0.717) is 62.7 Å². The van der Waals surface area contributed by atoms with Crippen molar-refractivity contribution in [3.8, 4) is 11.5 Å². The van der Waals surface area contributed by atoms with Crippen molar-refractivity contribution in [3.05, 3.63) is 35.7 Å². The van der Waals surface area contributed by atoms with Gasteiger partial charge in [-0.15, -0.1) is 0 Å². The Morgan fingerprint density at radius 3 is 2.57 bits per heavy atom. The van der Waals surface area contributed by atoms with E-state index in [0.717, 1.165) is 5.69 Å². The average Bonchev–Trinajstić information content (AvgIpc) is 2.72. The minimum Gasteiger partial charge on any atom is -0.486 e. The van der Waals surface area contributed by atoms with Crippen molar-refractivity contribution in [2.45, 2.75) is 18.4 Å². The monoisotopic (exact) mass is 406 g/mol. The fourth-order valence-electron chi connectivity index (χ4n) is 3.06. The first-order valence-electron chi connectivity index (χ1n) is 9.08. The molecule has 0 aliphatic carbocycles. The van der Waals surface area contributed by atoms with Crippen LogP contribution in [0.4, 0.5) is 5.95 Å². The van der Waals surface area contributed by atoms with E-state index < -0.39 is 10.0 Å². The van der Waals surface area contributed by atoms with Gasteiger partial charge in [0.05, 0.1) is 30.3 Å². The summed E-state index contributed by atoms with van der Waals surface area (Å²) in [7, 11) is -3.72. The molecule has 0 saturated carbocycles. The summed E-state index contributed by atoms with van der Waals surface area (Å²) in [5.41, 5.74) is 1.39. The van der Waals surface area contributed by atoms with E-state index in [-0.39, 0.29) is 11.4 Å². The Bertz CT molecular complexity index is 960. The van der Waals surface area contributed by atoms with Crippen LogP contribution in [0.2, 0.25) is 0 Å². The number of fused-ring (bicyclic) bond motifs is 1. The van der Waals surface area contributed by atoms with Gasteiger partial charge in [0, 0.05) is 24.8 Å². The molecule has 0 atom stereocenters. The zero-order chi connectivity index (χ0) is 19.6. The van der Waals surface area contributed by atoms with Crippen LogP contribution in [-0.2, 0) is 21.3 Å². The van der Waals surface area contributed by atoms with Crippen LogP contribution in [0, 0.1) is 6.92 Å². The van der Waals surface area contributed by atoms with Crippen molar-refractivity contribution >= 4 is 16.0 Å². The third-order valence-corrected chi connectivity index (χ3v) is 5.86. The van der Waals surface area contributed by atoms with Gasteiger partial charge in [-0.05, 0) is 25.1 Å². The van der Waals surface area contributed by atoms with Crippen LogP contribution in [0.3, 0.4) is 0 Å². The summed E-state index contributed by atoms with van der Waals surface area (Å²) in [4.78, 5) is 11.1. The fraction of sp³-hybridized carbons (Fsp3) is 0.444. The van der Waals surface area contributed by atoms with E-state index in [1.165, 1.54) is 12.1 Å². The molecular weight excluding hydrogens is 384 g/mol. The molecule has 4 rings (SSSR count). The summed E-state index contributed by atoms with van der Waals surface area (Å²) in [6.07, 6.45) is 0. The maximum atomic E-state index is 12.7. The van der Waals surface area contributed by atoms with E-state index in [1.807, 2.05) is 11.8 Å². The maximum absolute atomic E-state index is 12.7. The molecule has 150 valence electrons. The first-order valence-corrected chi connectivity index (χ1v) is 10.6. The van der Waals surface area contributed by atoms with E-state index in [4.69, 9.17) is 14.2 Å². The summed E-state index contributed by atoms with van der Waals surface area (Å²) >= 11 is 0. The van der Waals surface area contributed by atoms with E-state index in [2.05, 4.69) is 14.7 Å². The normalized spacial score (nSPS) is 16.8. The highest BCUT2D eigenvalue weighted by molar-refractivity contribution is 7.89. The number of ether oxygens (including phenoxy) is 3. The van der Waals surface area contributed by atoms with Gasteiger partial charge in [-0.2, -0.15) is 0 Å². The SMILES string of the molecule is Cc1cc(CNS(=O)(=O)c2ccc3c(c2)OCCO3)nc(N2CCOCC2)n1. The molecule has 1 saturated heterocycles. The van der Waals surface area contributed by atoms with Gasteiger partial charge >= 0.3 is 0 Å². The lowest BCUT2D eigenvalue weighted by molar-refractivity contribution is 0.122. The molecule has 0 bridgehead atoms. The quantitative estimate of drug-likeness (QED) is 0.780. The Morgan fingerprint density at radius 1 is 1.04 bits per heavy atom. The summed E-state index contributed by atoms with van der Waals surface area (Å²) < 4.78 is 44.2. The lowest BCUT2D eigenvalue weighted by Gasteiger charge is -2.27. The van der Waals surface area contributed by atoms with E-state index >= 15 is 0 Å². The molecule has 2 aliphatic rings. The molecule has 28 heavy (non-hydrogen) atoms. The van der Waals surface area contributed by atoms with Gasteiger partial charge in [0.15, 0.2) is 11.5 Å². The van der Waals surface area contributed by atoms with Crippen LogP contribution in [0.5, 0.6) is 11.5 Å². The number of rotatable bonds is 5. The second kappa shape index (κ2) is 7.90. The Hall–Kier alpha value is -2.43. The number of hydrogen-bond donors (Lipinski definition) is 1. The molecule has 9 nitrogen and oxygen atoms in total. The predicted molar refractivity (Wildman–Crippen MR) is 101 cm³/mol. The topological polar surface area (TPSA) is 103 Å². The number of sulfonamides is 1. The van der Waals surface area contributed by atoms with Gasteiger partial charge in [-0.1, -0.05) is 0 Å². The minimum atomic E-state index is -3.72. The smallest absolute Gasteiger partial charge is 0.241 e. The first kappa shape index (κ1) is 18.9. The molecule has 0 unspecified atom stereocenters. The van der Waals surface area contributed by atoms with E-state index in [9.17, 15) is 8.42 Å². The number of nitrogens with one attached hydrogen (secondary N) is 1. The fourth-order valence-corrected chi connectivity index (χ4v) is 4.07. The lowest BCUT2D eigenvalue weighted by Crippen LogP contribution is -2.37. The van der Waals surface area contributed by atoms with Crippen LogP contribution in [0.15, 0.2) is 29.2 Å². The van der Waals surface area contributed by atoms with Gasteiger partial charge in [-0.3, -0.25) is 0 Å². The first-order chi connectivity index (χ1) is 13.5. The van der Waals surface area contributed by atoms with Crippen LogP contribution in [0.25, 0.3) is 0 Å². The van der Waals surface area contributed by atoms with Crippen molar-refractivity contribution in [2.24, 2.45) is 0 Å². The molecule has 0 spiro atoms. The Kier molecular flexibility index (Phi) is 5.33. The summed E-state index contributed by atoms with van der Waals surface area (Å²) in [6.45, 7) is 5.47. The Morgan fingerprint density at radius 2 is 1.79 bits per heavy atom. The molecule has 1 fully saturated rings. The molecule has 2 aromatic rings. The predicted octanol–water partition coefficient (Wildman–Crippen LogP) is 0.871. The van der Waals surface area contributed by atoms with Gasteiger partial charge < -0.3 is 19.1 Å². The summed E-state index contributed by atoms with van der Waals surface area (Å²) in [5, 5.41) is 0. The van der Waals surface area contributed by atoms with Gasteiger partial charge in [0.1, 0.15) is 13.2 Å². The van der Waals surface area contributed by atoms with Crippen LogP contribution in [-0.4, -0.2) is 57.9 Å². The minimum absolute atomic E-state index is 0.0669. The average molecular weight is 406 g/mol. The maximum Gasteiger partial charge on any atom is 0.241 e. The van der Waals surface area contributed by atoms with Gasteiger partial charge in [0.25, 0.3) is 0 Å². The van der Waals surface area contributed by atoms with Crippen molar-refractivity contribution < 1.29 is 22.6 Å². The number of hydrogen-bond acceptors (Lipinski definition) is 8. The van der Waals surface area contributed by atoms with E-state index in [1.54, 1.807) is 12.1 Å². The zero-order valence-corrected chi connectivity index (χ0v) is 16.4. The van der Waals surface area contributed by atoms with Crippen molar-refractivity contribution in [3.63, 3.8) is 0 Å². The van der Waals surface area contributed by atoms with Gasteiger partial charge in [-0.25, -0.2) is 23.1 Å². The number of nitrogens with zero attached hydrogens (tertiary/aromatic N) is 3. The van der Waals surface area contributed by atoms with Crippen molar-refractivity contribution in [1.29, 1.82) is 0 Å². The third-order valence-electron chi connectivity index (χ3n) is 4.46. The molecule has 1 aromatic heterocycles. The van der Waals surface area contributed by atoms with Crippen LogP contribution < -0.4 is 19.1 Å². The summed E-state index contributed by atoms with van der Waals surface area (Å²) in [6, 6.07) is 6.35. The molecule has 3 heterocycles. The van der Waals surface area contributed by atoms with Gasteiger partial charge in [0.2, 0.25) is 16.0 Å². The lowest BCUT2D eigenvalue weighted by atomic mass is 10.3. The Labute approximate surface area is 163 Å². The Balaban J connectivity index is 1.49. The highest BCUT2D eigenvalue weighted by atomic mass is 32.2. The molecular formula is C18H22N4O5S.